The third kappa shape index (κ3) is 5.17. The van der Waals surface area contributed by atoms with Crippen LogP contribution >= 0.6 is 15.9 Å². The van der Waals surface area contributed by atoms with Gasteiger partial charge < -0.3 is 10.2 Å². The highest BCUT2D eigenvalue weighted by atomic mass is 79.9. The van der Waals surface area contributed by atoms with Crippen LogP contribution in [0.25, 0.3) is 0 Å². The SMILES string of the molecule is CC(NC(=O)CN1CCN(C(=O)c2ccccc2F)CC1)c1ccc(Br)cc1. The molecule has 1 heterocycles. The van der Waals surface area contributed by atoms with Gasteiger partial charge in [-0.1, -0.05) is 40.2 Å². The first-order valence-corrected chi connectivity index (χ1v) is 10.0. The minimum Gasteiger partial charge on any atom is -0.348 e. The number of hydrogen-bond acceptors (Lipinski definition) is 3. The minimum atomic E-state index is -0.503. The molecule has 3 rings (SSSR count). The van der Waals surface area contributed by atoms with E-state index >= 15 is 0 Å². The highest BCUT2D eigenvalue weighted by molar-refractivity contribution is 9.10. The number of hydrogen-bond donors (Lipinski definition) is 1. The maximum absolute atomic E-state index is 13.8. The molecular formula is C21H23BrFN3O2. The number of nitrogens with one attached hydrogen (secondary N) is 1. The Hall–Kier alpha value is -2.25. The van der Waals surface area contributed by atoms with Crippen molar-refractivity contribution in [2.24, 2.45) is 0 Å². The fraction of sp³-hybridized carbons (Fsp3) is 0.333. The third-order valence-corrected chi connectivity index (χ3v) is 5.41. The predicted octanol–water partition coefficient (Wildman–Crippen LogP) is 3.22. The first kappa shape index (κ1) is 20.5. The second kappa shape index (κ2) is 9.30. The monoisotopic (exact) mass is 447 g/mol. The largest absolute Gasteiger partial charge is 0.348 e. The van der Waals surface area contributed by atoms with Crippen molar-refractivity contribution in [2.45, 2.75) is 13.0 Å². The van der Waals surface area contributed by atoms with Crippen molar-refractivity contribution in [2.75, 3.05) is 32.7 Å². The number of carbonyl (C=O) groups is 2. The van der Waals surface area contributed by atoms with Crippen LogP contribution in [-0.4, -0.2) is 54.3 Å². The molecule has 0 aromatic heterocycles. The molecule has 28 heavy (non-hydrogen) atoms. The van der Waals surface area contributed by atoms with Gasteiger partial charge in [0, 0.05) is 30.7 Å². The fourth-order valence-electron chi connectivity index (χ4n) is 3.24. The van der Waals surface area contributed by atoms with Crippen LogP contribution in [0, 0.1) is 5.82 Å². The minimum absolute atomic E-state index is 0.0516. The van der Waals surface area contributed by atoms with Crippen molar-refractivity contribution in [3.8, 4) is 0 Å². The van der Waals surface area contributed by atoms with Gasteiger partial charge >= 0.3 is 0 Å². The van der Waals surface area contributed by atoms with Crippen molar-refractivity contribution in [3.05, 3.63) is 69.9 Å². The van der Waals surface area contributed by atoms with Crippen LogP contribution in [0.1, 0.15) is 28.9 Å². The van der Waals surface area contributed by atoms with E-state index < -0.39 is 5.82 Å². The summed E-state index contributed by atoms with van der Waals surface area (Å²) in [6.07, 6.45) is 0. The molecule has 1 fully saturated rings. The molecule has 2 aromatic rings. The molecule has 2 aromatic carbocycles. The van der Waals surface area contributed by atoms with E-state index in [4.69, 9.17) is 0 Å². The molecule has 5 nitrogen and oxygen atoms in total. The standard InChI is InChI=1S/C21H23BrFN3O2/c1-15(16-6-8-17(22)9-7-16)24-20(27)14-25-10-12-26(13-11-25)21(28)18-4-2-3-5-19(18)23/h2-9,15H,10-14H2,1H3,(H,24,27). The predicted molar refractivity (Wildman–Crippen MR) is 109 cm³/mol. The van der Waals surface area contributed by atoms with Gasteiger partial charge in [0.2, 0.25) is 5.91 Å². The number of halogens is 2. The highest BCUT2D eigenvalue weighted by Gasteiger charge is 2.25. The van der Waals surface area contributed by atoms with E-state index in [-0.39, 0.29) is 30.0 Å². The number of carbonyl (C=O) groups excluding carboxylic acids is 2. The van der Waals surface area contributed by atoms with Crippen LogP contribution in [-0.2, 0) is 4.79 Å². The Bertz CT molecular complexity index is 836. The Morgan fingerprint density at radius 1 is 1.07 bits per heavy atom. The van der Waals surface area contributed by atoms with Gasteiger partial charge in [0.05, 0.1) is 18.2 Å². The normalized spacial score (nSPS) is 15.9. The maximum Gasteiger partial charge on any atom is 0.256 e. The Kier molecular flexibility index (Phi) is 6.80. The summed E-state index contributed by atoms with van der Waals surface area (Å²) in [5, 5.41) is 3.00. The zero-order valence-electron chi connectivity index (χ0n) is 15.7. The summed E-state index contributed by atoms with van der Waals surface area (Å²) in [5.74, 6) is -0.855. The quantitative estimate of drug-likeness (QED) is 0.765. The molecule has 1 aliphatic rings. The topological polar surface area (TPSA) is 52.7 Å². The number of piperazine rings is 1. The third-order valence-electron chi connectivity index (χ3n) is 4.88. The Labute approximate surface area is 172 Å². The van der Waals surface area contributed by atoms with E-state index in [1.807, 2.05) is 36.1 Å². The Balaban J connectivity index is 1.47. The van der Waals surface area contributed by atoms with Gasteiger partial charge in [0.25, 0.3) is 5.91 Å². The second-order valence-corrected chi connectivity index (χ2v) is 7.80. The molecule has 148 valence electrons. The lowest BCUT2D eigenvalue weighted by Crippen LogP contribution is -2.51. The molecule has 0 saturated carbocycles. The molecular weight excluding hydrogens is 425 g/mol. The maximum atomic E-state index is 13.8. The van der Waals surface area contributed by atoms with Gasteiger partial charge in [-0.25, -0.2) is 4.39 Å². The zero-order chi connectivity index (χ0) is 20.1. The van der Waals surface area contributed by atoms with E-state index in [0.29, 0.717) is 26.2 Å². The lowest BCUT2D eigenvalue weighted by molar-refractivity contribution is -0.123. The molecule has 7 heteroatoms. The van der Waals surface area contributed by atoms with Gasteiger partial charge in [-0.2, -0.15) is 0 Å². The van der Waals surface area contributed by atoms with Crippen LogP contribution in [0.5, 0.6) is 0 Å². The average molecular weight is 448 g/mol. The van der Waals surface area contributed by atoms with E-state index in [1.165, 1.54) is 12.1 Å². The van der Waals surface area contributed by atoms with E-state index in [9.17, 15) is 14.0 Å². The summed E-state index contributed by atoms with van der Waals surface area (Å²) in [6.45, 7) is 4.35. The summed E-state index contributed by atoms with van der Waals surface area (Å²) in [6, 6.07) is 13.8. The van der Waals surface area contributed by atoms with Gasteiger partial charge in [-0.05, 0) is 36.8 Å². The summed E-state index contributed by atoms with van der Waals surface area (Å²) >= 11 is 3.40. The summed E-state index contributed by atoms with van der Waals surface area (Å²) in [5.41, 5.74) is 1.13. The lowest BCUT2D eigenvalue weighted by Gasteiger charge is -2.34. The zero-order valence-corrected chi connectivity index (χ0v) is 17.3. The van der Waals surface area contributed by atoms with Crippen LogP contribution < -0.4 is 5.32 Å². The van der Waals surface area contributed by atoms with Crippen LogP contribution in [0.4, 0.5) is 4.39 Å². The lowest BCUT2D eigenvalue weighted by atomic mass is 10.1. The summed E-state index contributed by atoms with van der Waals surface area (Å²) in [7, 11) is 0. The summed E-state index contributed by atoms with van der Waals surface area (Å²) in [4.78, 5) is 28.5. The van der Waals surface area contributed by atoms with Crippen molar-refractivity contribution in [3.63, 3.8) is 0 Å². The Morgan fingerprint density at radius 3 is 2.36 bits per heavy atom. The first-order valence-electron chi connectivity index (χ1n) is 9.25. The number of amides is 2. The molecule has 1 atom stereocenters. The molecule has 1 saturated heterocycles. The fourth-order valence-corrected chi connectivity index (χ4v) is 3.50. The van der Waals surface area contributed by atoms with Gasteiger partial charge in [-0.15, -0.1) is 0 Å². The average Bonchev–Trinajstić information content (AvgIpc) is 2.69. The first-order chi connectivity index (χ1) is 13.4. The second-order valence-electron chi connectivity index (χ2n) is 6.89. The van der Waals surface area contributed by atoms with Gasteiger partial charge in [0.15, 0.2) is 0 Å². The summed E-state index contributed by atoms with van der Waals surface area (Å²) < 4.78 is 14.8. The molecule has 0 spiro atoms. The van der Waals surface area contributed by atoms with E-state index in [2.05, 4.69) is 21.2 Å². The van der Waals surface area contributed by atoms with Crippen LogP contribution in [0.15, 0.2) is 53.0 Å². The number of rotatable bonds is 5. The van der Waals surface area contributed by atoms with E-state index in [0.717, 1.165) is 10.0 Å². The van der Waals surface area contributed by atoms with Gasteiger partial charge in [0.1, 0.15) is 5.82 Å². The number of benzene rings is 2. The van der Waals surface area contributed by atoms with Crippen molar-refractivity contribution in [1.82, 2.24) is 15.1 Å². The van der Waals surface area contributed by atoms with Crippen molar-refractivity contribution < 1.29 is 14.0 Å². The van der Waals surface area contributed by atoms with Crippen molar-refractivity contribution >= 4 is 27.7 Å². The van der Waals surface area contributed by atoms with E-state index in [1.54, 1.807) is 17.0 Å². The molecule has 1 aliphatic heterocycles. The molecule has 0 aliphatic carbocycles. The van der Waals surface area contributed by atoms with Gasteiger partial charge in [-0.3, -0.25) is 14.5 Å². The van der Waals surface area contributed by atoms with Crippen molar-refractivity contribution in [1.29, 1.82) is 0 Å². The molecule has 1 N–H and O–H groups in total. The highest BCUT2D eigenvalue weighted by Crippen LogP contribution is 2.17. The molecule has 0 bridgehead atoms. The smallest absolute Gasteiger partial charge is 0.256 e. The van der Waals surface area contributed by atoms with Crippen LogP contribution in [0.2, 0.25) is 0 Å². The number of nitrogens with zero attached hydrogens (tertiary/aromatic N) is 2. The molecule has 2 amide bonds. The molecule has 0 radical (unpaired) electrons. The van der Waals surface area contributed by atoms with Crippen LogP contribution in [0.3, 0.4) is 0 Å². The Morgan fingerprint density at radius 2 is 1.71 bits per heavy atom. The molecule has 1 unspecified atom stereocenters.